The number of aliphatic imine (C=N–C) groups is 1. The van der Waals surface area contributed by atoms with Crippen molar-refractivity contribution >= 4 is 11.9 Å². The van der Waals surface area contributed by atoms with Crippen LogP contribution in [0.15, 0.2) is 4.99 Å². The summed E-state index contributed by atoms with van der Waals surface area (Å²) >= 11 is 0. The van der Waals surface area contributed by atoms with Crippen LogP contribution in [0.25, 0.3) is 0 Å². The van der Waals surface area contributed by atoms with Gasteiger partial charge in [-0.2, -0.15) is 0 Å². The number of rotatable bonds is 6. The van der Waals surface area contributed by atoms with Crippen LogP contribution in [0, 0.1) is 11.3 Å². The molecule has 2 atom stereocenters. The van der Waals surface area contributed by atoms with Crippen molar-refractivity contribution in [3.05, 3.63) is 0 Å². The third kappa shape index (κ3) is 7.78. The summed E-state index contributed by atoms with van der Waals surface area (Å²) in [7, 11) is 3.63. The molecular formula is C22H43N5O2. The normalized spacial score (nSPS) is 25.0. The van der Waals surface area contributed by atoms with Crippen molar-refractivity contribution in [3.63, 3.8) is 0 Å². The Kier molecular flexibility index (Phi) is 9.21. The van der Waals surface area contributed by atoms with Gasteiger partial charge in [0.15, 0.2) is 5.96 Å². The molecule has 0 spiro atoms. The maximum Gasteiger partial charge on any atom is 0.236 e. The molecule has 2 saturated heterocycles. The number of carbonyl (C=O) groups is 1. The summed E-state index contributed by atoms with van der Waals surface area (Å²) in [4.78, 5) is 20.8. The van der Waals surface area contributed by atoms with Gasteiger partial charge in [0.2, 0.25) is 5.91 Å². The number of likely N-dealkylation sites (N-methyl/N-ethyl adjacent to an activating group) is 1. The molecule has 168 valence electrons. The molecular weight excluding hydrogens is 366 g/mol. The van der Waals surface area contributed by atoms with Gasteiger partial charge in [-0.15, -0.1) is 0 Å². The SMILES string of the molecule is CCNC(=NCC1CCCOC1C(C)(C)C)NC1CCN(CC(=O)N(C)C)CC1. The molecule has 0 aromatic carbocycles. The Morgan fingerprint density at radius 1 is 1.21 bits per heavy atom. The molecule has 0 saturated carbocycles. The van der Waals surface area contributed by atoms with Gasteiger partial charge in [-0.1, -0.05) is 20.8 Å². The van der Waals surface area contributed by atoms with E-state index in [1.54, 1.807) is 4.90 Å². The quantitative estimate of drug-likeness (QED) is 0.518. The van der Waals surface area contributed by atoms with E-state index in [4.69, 9.17) is 9.73 Å². The predicted octanol–water partition coefficient (Wildman–Crippen LogP) is 1.94. The van der Waals surface area contributed by atoms with Crippen LogP contribution in [0.4, 0.5) is 0 Å². The highest BCUT2D eigenvalue weighted by Gasteiger charge is 2.35. The van der Waals surface area contributed by atoms with Crippen LogP contribution >= 0.6 is 0 Å². The fourth-order valence-corrected chi connectivity index (χ4v) is 4.28. The summed E-state index contributed by atoms with van der Waals surface area (Å²) < 4.78 is 6.11. The molecule has 2 rings (SSSR count). The molecule has 2 N–H and O–H groups in total. The number of nitrogens with zero attached hydrogens (tertiary/aromatic N) is 3. The Hall–Kier alpha value is -1.34. The molecule has 2 aliphatic rings. The number of likely N-dealkylation sites (tertiary alicyclic amines) is 1. The molecule has 29 heavy (non-hydrogen) atoms. The molecule has 0 aliphatic carbocycles. The first-order valence-corrected chi connectivity index (χ1v) is 11.3. The van der Waals surface area contributed by atoms with Crippen LogP contribution in [-0.4, -0.2) is 87.2 Å². The van der Waals surface area contributed by atoms with Crippen molar-refractivity contribution in [3.8, 4) is 0 Å². The largest absolute Gasteiger partial charge is 0.377 e. The van der Waals surface area contributed by atoms with Gasteiger partial charge >= 0.3 is 0 Å². The molecule has 0 radical (unpaired) electrons. The average molecular weight is 410 g/mol. The van der Waals surface area contributed by atoms with Gasteiger partial charge in [0.25, 0.3) is 0 Å². The van der Waals surface area contributed by atoms with E-state index >= 15 is 0 Å². The lowest BCUT2D eigenvalue weighted by Gasteiger charge is -2.39. The first kappa shape index (κ1) is 23.9. The van der Waals surface area contributed by atoms with E-state index in [2.05, 4.69) is 43.2 Å². The zero-order chi connectivity index (χ0) is 21.4. The highest BCUT2D eigenvalue weighted by atomic mass is 16.5. The van der Waals surface area contributed by atoms with Crippen LogP contribution in [0.3, 0.4) is 0 Å². The number of amides is 1. The van der Waals surface area contributed by atoms with Crippen LogP contribution < -0.4 is 10.6 Å². The molecule has 7 heteroatoms. The molecule has 0 aromatic rings. The maximum absolute atomic E-state index is 11.9. The third-order valence-corrected chi connectivity index (χ3v) is 5.91. The highest BCUT2D eigenvalue weighted by Crippen LogP contribution is 2.34. The van der Waals surface area contributed by atoms with Crippen molar-refractivity contribution in [1.29, 1.82) is 0 Å². The Morgan fingerprint density at radius 2 is 1.90 bits per heavy atom. The molecule has 2 heterocycles. The second kappa shape index (κ2) is 11.2. The Morgan fingerprint density at radius 3 is 2.48 bits per heavy atom. The smallest absolute Gasteiger partial charge is 0.236 e. The highest BCUT2D eigenvalue weighted by molar-refractivity contribution is 5.80. The van der Waals surface area contributed by atoms with Gasteiger partial charge in [-0.3, -0.25) is 14.7 Å². The second-order valence-corrected chi connectivity index (χ2v) is 9.76. The Labute approximate surface area is 177 Å². The van der Waals surface area contributed by atoms with Crippen molar-refractivity contribution in [2.24, 2.45) is 16.3 Å². The van der Waals surface area contributed by atoms with Gasteiger partial charge < -0.3 is 20.3 Å². The van der Waals surface area contributed by atoms with E-state index in [1.807, 2.05) is 14.1 Å². The van der Waals surface area contributed by atoms with Crippen molar-refractivity contribution in [2.75, 3.05) is 53.4 Å². The average Bonchev–Trinajstić information content (AvgIpc) is 2.67. The summed E-state index contributed by atoms with van der Waals surface area (Å²) in [6, 6.07) is 0.402. The lowest BCUT2D eigenvalue weighted by atomic mass is 9.78. The fraction of sp³-hybridized carbons (Fsp3) is 0.909. The number of carbonyl (C=O) groups excluding carboxylic acids is 1. The van der Waals surface area contributed by atoms with Crippen molar-refractivity contribution in [2.45, 2.75) is 65.5 Å². The van der Waals surface area contributed by atoms with Crippen molar-refractivity contribution < 1.29 is 9.53 Å². The topological polar surface area (TPSA) is 69.2 Å². The minimum atomic E-state index is 0.142. The zero-order valence-corrected chi connectivity index (χ0v) is 19.5. The third-order valence-electron chi connectivity index (χ3n) is 5.91. The number of hydrogen-bond acceptors (Lipinski definition) is 4. The van der Waals surface area contributed by atoms with Crippen LogP contribution in [0.2, 0.25) is 0 Å². The predicted molar refractivity (Wildman–Crippen MR) is 119 cm³/mol. The lowest BCUT2D eigenvalue weighted by Crippen LogP contribution is -2.50. The minimum Gasteiger partial charge on any atom is -0.377 e. The summed E-state index contributed by atoms with van der Waals surface area (Å²) in [6.45, 7) is 13.8. The van der Waals surface area contributed by atoms with E-state index in [0.29, 0.717) is 18.5 Å². The number of hydrogen-bond donors (Lipinski definition) is 2. The standard InChI is InChI=1S/C22H43N5O2/c1-7-23-21(24-15-17-9-8-14-29-20(17)22(2,3)4)25-18-10-12-27(13-11-18)16-19(28)26(5)6/h17-18,20H,7-16H2,1-6H3,(H2,23,24,25). The first-order valence-electron chi connectivity index (χ1n) is 11.3. The van der Waals surface area contributed by atoms with Gasteiger partial charge in [-0.05, 0) is 38.0 Å². The van der Waals surface area contributed by atoms with Gasteiger partial charge in [0.1, 0.15) is 0 Å². The summed E-state index contributed by atoms with van der Waals surface area (Å²) in [5.41, 5.74) is 0.142. The minimum absolute atomic E-state index is 0.142. The Balaban J connectivity index is 1.87. The number of ether oxygens (including phenoxy) is 1. The molecule has 2 aliphatic heterocycles. The van der Waals surface area contributed by atoms with E-state index < -0.39 is 0 Å². The molecule has 1 amide bonds. The molecule has 0 aromatic heterocycles. The number of nitrogens with one attached hydrogen (secondary N) is 2. The number of guanidine groups is 1. The van der Waals surface area contributed by atoms with E-state index in [0.717, 1.165) is 58.0 Å². The lowest BCUT2D eigenvalue weighted by molar-refractivity contribution is -0.130. The van der Waals surface area contributed by atoms with Crippen molar-refractivity contribution in [1.82, 2.24) is 20.4 Å². The maximum atomic E-state index is 11.9. The second-order valence-electron chi connectivity index (χ2n) is 9.76. The van der Waals surface area contributed by atoms with Gasteiger partial charge in [-0.25, -0.2) is 0 Å². The molecule has 7 nitrogen and oxygen atoms in total. The summed E-state index contributed by atoms with van der Waals surface area (Å²) in [5.74, 6) is 1.56. The molecule has 0 bridgehead atoms. The first-order chi connectivity index (χ1) is 13.7. The van der Waals surface area contributed by atoms with E-state index in [-0.39, 0.29) is 17.4 Å². The number of piperidine rings is 1. The van der Waals surface area contributed by atoms with Crippen LogP contribution in [0.5, 0.6) is 0 Å². The van der Waals surface area contributed by atoms with E-state index in [9.17, 15) is 4.79 Å². The fourth-order valence-electron chi connectivity index (χ4n) is 4.28. The molecule has 2 fully saturated rings. The molecule has 2 unspecified atom stereocenters. The van der Waals surface area contributed by atoms with Gasteiger partial charge in [0.05, 0.1) is 12.6 Å². The van der Waals surface area contributed by atoms with Crippen LogP contribution in [-0.2, 0) is 9.53 Å². The van der Waals surface area contributed by atoms with E-state index in [1.165, 1.54) is 6.42 Å². The summed E-state index contributed by atoms with van der Waals surface area (Å²) in [6.07, 6.45) is 4.63. The Bertz CT molecular complexity index is 536. The monoisotopic (exact) mass is 409 g/mol. The van der Waals surface area contributed by atoms with Gasteiger partial charge in [0, 0.05) is 58.8 Å². The van der Waals surface area contributed by atoms with Crippen LogP contribution in [0.1, 0.15) is 53.4 Å². The summed E-state index contributed by atoms with van der Waals surface area (Å²) in [5, 5.41) is 7.03. The zero-order valence-electron chi connectivity index (χ0n) is 19.5.